The maximum Gasteiger partial charge on any atom is 0.307 e. The highest BCUT2D eigenvalue weighted by Gasteiger charge is 2.31. The van der Waals surface area contributed by atoms with Crippen LogP contribution in [-0.4, -0.2) is 31.8 Å². The molecule has 0 aliphatic carbocycles. The minimum absolute atomic E-state index is 0.253. The second-order valence-electron chi connectivity index (χ2n) is 3.27. The highest BCUT2D eigenvalue weighted by molar-refractivity contribution is 5.70. The molecule has 0 radical (unpaired) electrons. The third-order valence-corrected chi connectivity index (χ3v) is 2.08. The number of rotatable bonds is 2. The Hall–Kier alpha value is -0.610. The number of hydrogen-bond acceptors (Lipinski definition) is 4. The highest BCUT2D eigenvalue weighted by atomic mass is 16.5. The van der Waals surface area contributed by atoms with Gasteiger partial charge in [0.15, 0.2) is 0 Å². The zero-order valence-electron chi connectivity index (χ0n) is 7.34. The van der Waals surface area contributed by atoms with Gasteiger partial charge in [0.25, 0.3) is 0 Å². The van der Waals surface area contributed by atoms with E-state index in [0.717, 1.165) is 19.4 Å². The van der Waals surface area contributed by atoms with E-state index < -0.39 is 5.54 Å². The molecule has 70 valence electrons. The molecule has 1 aliphatic heterocycles. The first-order valence-corrected chi connectivity index (χ1v) is 4.10. The van der Waals surface area contributed by atoms with Crippen LogP contribution in [0.5, 0.6) is 0 Å². The molecule has 4 nitrogen and oxygen atoms in total. The average molecular weight is 173 g/mol. The Morgan fingerprint density at radius 2 is 2.50 bits per heavy atom. The standard InChI is InChI=1S/C8H15NO3/c1-11-7(10)5-8(9)3-2-4-12-6-8/h2-6,9H2,1H3/t8-/m1/s1. The third-order valence-electron chi connectivity index (χ3n) is 2.08. The highest BCUT2D eigenvalue weighted by Crippen LogP contribution is 2.20. The van der Waals surface area contributed by atoms with Crippen LogP contribution >= 0.6 is 0 Å². The average Bonchev–Trinajstić information content (AvgIpc) is 2.05. The lowest BCUT2D eigenvalue weighted by molar-refractivity contribution is -0.143. The maximum absolute atomic E-state index is 10.9. The van der Waals surface area contributed by atoms with Crippen molar-refractivity contribution in [2.75, 3.05) is 20.3 Å². The van der Waals surface area contributed by atoms with Crippen molar-refractivity contribution in [1.82, 2.24) is 0 Å². The van der Waals surface area contributed by atoms with Crippen molar-refractivity contribution < 1.29 is 14.3 Å². The van der Waals surface area contributed by atoms with E-state index in [0.29, 0.717) is 6.61 Å². The molecular formula is C8H15NO3. The fourth-order valence-electron chi connectivity index (χ4n) is 1.37. The minimum atomic E-state index is -0.495. The Morgan fingerprint density at radius 1 is 1.75 bits per heavy atom. The van der Waals surface area contributed by atoms with E-state index in [9.17, 15) is 4.79 Å². The van der Waals surface area contributed by atoms with E-state index >= 15 is 0 Å². The van der Waals surface area contributed by atoms with Crippen LogP contribution in [0, 0.1) is 0 Å². The number of carbonyl (C=O) groups excluding carboxylic acids is 1. The monoisotopic (exact) mass is 173 g/mol. The van der Waals surface area contributed by atoms with Gasteiger partial charge < -0.3 is 15.2 Å². The van der Waals surface area contributed by atoms with Gasteiger partial charge in [-0.05, 0) is 12.8 Å². The summed E-state index contributed by atoms with van der Waals surface area (Å²) in [6.07, 6.45) is 2.01. The van der Waals surface area contributed by atoms with Crippen molar-refractivity contribution in [3.63, 3.8) is 0 Å². The van der Waals surface area contributed by atoms with Crippen LogP contribution in [0.4, 0.5) is 0 Å². The van der Waals surface area contributed by atoms with Gasteiger partial charge in [-0.25, -0.2) is 0 Å². The summed E-state index contributed by atoms with van der Waals surface area (Å²) in [7, 11) is 1.37. The molecule has 0 aromatic carbocycles. The van der Waals surface area contributed by atoms with E-state index in [1.165, 1.54) is 7.11 Å². The summed E-state index contributed by atoms with van der Waals surface area (Å²) in [5.74, 6) is -0.261. The maximum atomic E-state index is 10.9. The van der Waals surface area contributed by atoms with Crippen LogP contribution in [0.25, 0.3) is 0 Å². The van der Waals surface area contributed by atoms with Gasteiger partial charge in [0.2, 0.25) is 0 Å². The molecule has 1 heterocycles. The molecule has 0 aromatic heterocycles. The van der Waals surface area contributed by atoms with Crippen molar-refractivity contribution in [2.45, 2.75) is 24.8 Å². The summed E-state index contributed by atoms with van der Waals surface area (Å²) in [5.41, 5.74) is 5.42. The van der Waals surface area contributed by atoms with E-state index in [1.54, 1.807) is 0 Å². The van der Waals surface area contributed by atoms with Crippen molar-refractivity contribution >= 4 is 5.97 Å². The number of ether oxygens (including phenoxy) is 2. The number of nitrogens with two attached hydrogens (primary N) is 1. The number of carbonyl (C=O) groups is 1. The number of methoxy groups -OCH3 is 1. The van der Waals surface area contributed by atoms with Gasteiger partial charge in [-0.3, -0.25) is 4.79 Å². The quantitative estimate of drug-likeness (QED) is 0.600. The molecular weight excluding hydrogens is 158 g/mol. The lowest BCUT2D eigenvalue weighted by atomic mass is 9.90. The fourth-order valence-corrected chi connectivity index (χ4v) is 1.37. The van der Waals surface area contributed by atoms with Crippen LogP contribution in [-0.2, 0) is 14.3 Å². The van der Waals surface area contributed by atoms with Gasteiger partial charge in [0, 0.05) is 12.1 Å². The van der Waals surface area contributed by atoms with Crippen LogP contribution in [0.3, 0.4) is 0 Å². The molecule has 1 aliphatic rings. The Morgan fingerprint density at radius 3 is 3.00 bits per heavy atom. The molecule has 0 unspecified atom stereocenters. The van der Waals surface area contributed by atoms with Crippen molar-refractivity contribution in [3.8, 4) is 0 Å². The molecule has 0 amide bonds. The lowest BCUT2D eigenvalue weighted by Gasteiger charge is -2.31. The molecule has 0 aromatic rings. The van der Waals surface area contributed by atoms with Gasteiger partial charge >= 0.3 is 5.97 Å². The SMILES string of the molecule is COC(=O)C[C@]1(N)CCCOC1. The first-order valence-electron chi connectivity index (χ1n) is 4.10. The Labute approximate surface area is 72.0 Å². The molecule has 2 N–H and O–H groups in total. The number of esters is 1. The predicted octanol–water partition coefficient (Wildman–Crippen LogP) is 0.0574. The second kappa shape index (κ2) is 3.87. The van der Waals surface area contributed by atoms with Gasteiger partial charge in [-0.15, -0.1) is 0 Å². The Kier molecular flexibility index (Phi) is 3.05. The minimum Gasteiger partial charge on any atom is -0.469 e. The van der Waals surface area contributed by atoms with Gasteiger partial charge in [-0.1, -0.05) is 0 Å². The molecule has 1 atom stereocenters. The molecule has 0 spiro atoms. The normalized spacial score (nSPS) is 29.8. The first kappa shape index (κ1) is 9.48. The van der Waals surface area contributed by atoms with E-state index in [2.05, 4.69) is 4.74 Å². The summed E-state index contributed by atoms with van der Waals surface area (Å²) < 4.78 is 9.74. The molecule has 1 saturated heterocycles. The predicted molar refractivity (Wildman–Crippen MR) is 43.6 cm³/mol. The fraction of sp³-hybridized carbons (Fsp3) is 0.875. The summed E-state index contributed by atoms with van der Waals surface area (Å²) in [5, 5.41) is 0. The van der Waals surface area contributed by atoms with Crippen LogP contribution in [0.1, 0.15) is 19.3 Å². The summed E-state index contributed by atoms with van der Waals surface area (Å²) in [4.78, 5) is 10.9. The van der Waals surface area contributed by atoms with E-state index in [-0.39, 0.29) is 12.4 Å². The van der Waals surface area contributed by atoms with Crippen LogP contribution in [0.2, 0.25) is 0 Å². The smallest absolute Gasteiger partial charge is 0.307 e. The molecule has 0 bridgehead atoms. The summed E-state index contributed by atoms with van der Waals surface area (Å²) >= 11 is 0. The van der Waals surface area contributed by atoms with Gasteiger partial charge in [0.05, 0.1) is 20.1 Å². The first-order chi connectivity index (χ1) is 5.66. The topological polar surface area (TPSA) is 61.5 Å². The zero-order valence-corrected chi connectivity index (χ0v) is 7.34. The Bertz CT molecular complexity index is 164. The van der Waals surface area contributed by atoms with E-state index in [1.807, 2.05) is 0 Å². The van der Waals surface area contributed by atoms with Crippen molar-refractivity contribution in [2.24, 2.45) is 5.73 Å². The number of hydrogen-bond donors (Lipinski definition) is 1. The van der Waals surface area contributed by atoms with E-state index in [4.69, 9.17) is 10.5 Å². The largest absolute Gasteiger partial charge is 0.469 e. The summed E-state index contributed by atoms with van der Waals surface area (Å²) in [6, 6.07) is 0. The lowest BCUT2D eigenvalue weighted by Crippen LogP contribution is -2.49. The van der Waals surface area contributed by atoms with Gasteiger partial charge in [0.1, 0.15) is 0 Å². The molecule has 12 heavy (non-hydrogen) atoms. The third kappa shape index (κ3) is 2.46. The van der Waals surface area contributed by atoms with Crippen LogP contribution < -0.4 is 5.73 Å². The van der Waals surface area contributed by atoms with Crippen molar-refractivity contribution in [3.05, 3.63) is 0 Å². The zero-order chi connectivity index (χ0) is 9.03. The van der Waals surface area contributed by atoms with Crippen molar-refractivity contribution in [1.29, 1.82) is 0 Å². The molecule has 1 fully saturated rings. The molecule has 1 rings (SSSR count). The Balaban J connectivity index is 2.41. The molecule has 0 saturated carbocycles. The molecule has 4 heteroatoms. The van der Waals surface area contributed by atoms with Crippen LogP contribution in [0.15, 0.2) is 0 Å². The summed E-state index contributed by atoms with van der Waals surface area (Å²) in [6.45, 7) is 1.21. The second-order valence-corrected chi connectivity index (χ2v) is 3.27. The van der Waals surface area contributed by atoms with Gasteiger partial charge in [-0.2, -0.15) is 0 Å².